The molecule has 2 saturated carbocycles. The van der Waals surface area contributed by atoms with Crippen molar-refractivity contribution in [3.63, 3.8) is 0 Å². The van der Waals surface area contributed by atoms with Crippen LogP contribution in [0.1, 0.15) is 36.0 Å². The zero-order valence-corrected chi connectivity index (χ0v) is 14.4. The molecule has 0 radical (unpaired) electrons. The summed E-state index contributed by atoms with van der Waals surface area (Å²) in [5, 5.41) is 0. The van der Waals surface area contributed by atoms with Crippen LogP contribution in [0.2, 0.25) is 0 Å². The van der Waals surface area contributed by atoms with Crippen molar-refractivity contribution < 1.29 is 23.4 Å². The molecule has 3 aliphatic rings. The molecule has 25 heavy (non-hydrogen) atoms. The van der Waals surface area contributed by atoms with Crippen LogP contribution in [-0.2, 0) is 9.47 Å². The Balaban J connectivity index is 1.53. The Labute approximate surface area is 147 Å². The first kappa shape index (κ1) is 16.8. The fourth-order valence-electron chi connectivity index (χ4n) is 3.86. The van der Waals surface area contributed by atoms with Gasteiger partial charge in [0, 0.05) is 18.7 Å². The van der Waals surface area contributed by atoms with Crippen LogP contribution in [0.15, 0.2) is 18.2 Å². The standard InChI is InChI=1S/C19H24FNO4/c1-23-16-6-4-13(10-14(16)20)19(22)21-8-9-24-17-7-5-15(21)18(17)25-11-12-2-3-12/h4,6,10,12,15,17-18H,2-3,5,7-9,11H2,1H3. The second-order valence-corrected chi connectivity index (χ2v) is 7.14. The molecule has 3 atom stereocenters. The zero-order chi connectivity index (χ0) is 17.4. The predicted octanol–water partition coefficient (Wildman–Crippen LogP) is 2.63. The molecule has 1 heterocycles. The maximum absolute atomic E-state index is 14.0. The summed E-state index contributed by atoms with van der Waals surface area (Å²) >= 11 is 0. The summed E-state index contributed by atoms with van der Waals surface area (Å²) in [6.45, 7) is 1.76. The second kappa shape index (κ2) is 6.92. The Kier molecular flexibility index (Phi) is 4.65. The lowest BCUT2D eigenvalue weighted by Gasteiger charge is -2.31. The van der Waals surface area contributed by atoms with E-state index in [9.17, 15) is 9.18 Å². The molecule has 1 aromatic rings. The normalized spacial score (nSPS) is 28.7. The minimum absolute atomic E-state index is 0.00362. The number of amides is 1. The molecule has 1 aromatic carbocycles. The van der Waals surface area contributed by atoms with Gasteiger partial charge < -0.3 is 19.1 Å². The lowest BCUT2D eigenvalue weighted by atomic mass is 10.1. The van der Waals surface area contributed by atoms with Gasteiger partial charge in [0.25, 0.3) is 5.91 Å². The van der Waals surface area contributed by atoms with Crippen LogP contribution in [0.3, 0.4) is 0 Å². The van der Waals surface area contributed by atoms with E-state index in [-0.39, 0.29) is 29.9 Å². The number of methoxy groups -OCH3 is 1. The molecule has 4 rings (SSSR count). The number of hydrogen-bond acceptors (Lipinski definition) is 4. The Morgan fingerprint density at radius 2 is 2.16 bits per heavy atom. The van der Waals surface area contributed by atoms with Crippen molar-refractivity contribution in [2.24, 2.45) is 5.92 Å². The van der Waals surface area contributed by atoms with E-state index in [0.717, 1.165) is 19.4 Å². The molecular formula is C19H24FNO4. The van der Waals surface area contributed by atoms with Gasteiger partial charge >= 0.3 is 0 Å². The van der Waals surface area contributed by atoms with Gasteiger partial charge in [0.15, 0.2) is 11.6 Å². The number of ether oxygens (including phenoxy) is 3. The minimum Gasteiger partial charge on any atom is -0.494 e. The molecule has 0 spiro atoms. The molecule has 1 saturated heterocycles. The van der Waals surface area contributed by atoms with Gasteiger partial charge in [-0.15, -0.1) is 0 Å². The van der Waals surface area contributed by atoms with E-state index in [0.29, 0.717) is 24.6 Å². The van der Waals surface area contributed by atoms with E-state index in [2.05, 4.69) is 0 Å². The molecule has 3 fully saturated rings. The minimum atomic E-state index is -0.523. The highest BCUT2D eigenvalue weighted by Gasteiger charge is 2.45. The van der Waals surface area contributed by atoms with Crippen LogP contribution in [0, 0.1) is 11.7 Å². The summed E-state index contributed by atoms with van der Waals surface area (Å²) in [6, 6.07) is 4.36. The van der Waals surface area contributed by atoms with E-state index >= 15 is 0 Å². The summed E-state index contributed by atoms with van der Waals surface area (Å²) in [4.78, 5) is 14.8. The van der Waals surface area contributed by atoms with Crippen LogP contribution >= 0.6 is 0 Å². The van der Waals surface area contributed by atoms with Crippen molar-refractivity contribution in [3.05, 3.63) is 29.6 Å². The van der Waals surface area contributed by atoms with Crippen LogP contribution in [0.4, 0.5) is 4.39 Å². The van der Waals surface area contributed by atoms with Crippen molar-refractivity contribution in [1.82, 2.24) is 4.90 Å². The Morgan fingerprint density at radius 1 is 1.32 bits per heavy atom. The SMILES string of the molecule is COc1ccc(C(=O)N2CCOC3CCC2C3OCC2CC2)cc1F. The average molecular weight is 349 g/mol. The average Bonchev–Trinajstić information content (AvgIpc) is 3.36. The van der Waals surface area contributed by atoms with Crippen molar-refractivity contribution in [2.75, 3.05) is 26.9 Å². The molecule has 0 aromatic heterocycles. The molecule has 136 valence electrons. The molecule has 3 unspecified atom stereocenters. The van der Waals surface area contributed by atoms with E-state index in [1.165, 1.54) is 32.1 Å². The maximum atomic E-state index is 14.0. The van der Waals surface area contributed by atoms with Crippen molar-refractivity contribution in [1.29, 1.82) is 0 Å². The molecule has 0 N–H and O–H groups in total. The van der Waals surface area contributed by atoms with Gasteiger partial charge in [0.05, 0.1) is 25.9 Å². The van der Waals surface area contributed by atoms with Gasteiger partial charge in [-0.25, -0.2) is 4.39 Å². The lowest BCUT2D eigenvalue weighted by Crippen LogP contribution is -2.46. The number of benzene rings is 1. The zero-order valence-electron chi connectivity index (χ0n) is 14.4. The third kappa shape index (κ3) is 3.37. The second-order valence-electron chi connectivity index (χ2n) is 7.14. The van der Waals surface area contributed by atoms with Crippen LogP contribution < -0.4 is 4.74 Å². The van der Waals surface area contributed by atoms with E-state index in [4.69, 9.17) is 14.2 Å². The lowest BCUT2D eigenvalue weighted by molar-refractivity contribution is -0.0556. The highest BCUT2D eigenvalue weighted by atomic mass is 19.1. The first-order chi connectivity index (χ1) is 12.2. The molecule has 1 aliphatic heterocycles. The third-order valence-corrected chi connectivity index (χ3v) is 5.44. The first-order valence-electron chi connectivity index (χ1n) is 9.05. The van der Waals surface area contributed by atoms with E-state index in [1.807, 2.05) is 4.90 Å². The summed E-state index contributed by atoms with van der Waals surface area (Å²) in [5.41, 5.74) is 0.338. The van der Waals surface area contributed by atoms with Gasteiger partial charge in [-0.1, -0.05) is 0 Å². The van der Waals surface area contributed by atoms with Gasteiger partial charge in [-0.3, -0.25) is 4.79 Å². The van der Waals surface area contributed by atoms with Crippen molar-refractivity contribution >= 4 is 5.91 Å². The molecule has 1 amide bonds. The van der Waals surface area contributed by atoms with Crippen molar-refractivity contribution in [3.8, 4) is 5.75 Å². The third-order valence-electron chi connectivity index (χ3n) is 5.44. The summed E-state index contributed by atoms with van der Waals surface area (Å²) in [7, 11) is 1.41. The Hall–Kier alpha value is -1.66. The topological polar surface area (TPSA) is 48.0 Å². The van der Waals surface area contributed by atoms with Crippen LogP contribution in [0.5, 0.6) is 5.75 Å². The summed E-state index contributed by atoms with van der Waals surface area (Å²) in [6.07, 6.45) is 4.22. The van der Waals surface area contributed by atoms with Gasteiger partial charge in [-0.05, 0) is 49.8 Å². The van der Waals surface area contributed by atoms with Gasteiger partial charge in [0.2, 0.25) is 0 Å². The number of carbonyl (C=O) groups is 1. The van der Waals surface area contributed by atoms with Gasteiger partial charge in [0.1, 0.15) is 6.10 Å². The smallest absolute Gasteiger partial charge is 0.254 e. The molecule has 2 bridgehead atoms. The Morgan fingerprint density at radius 3 is 2.88 bits per heavy atom. The highest BCUT2D eigenvalue weighted by molar-refractivity contribution is 5.94. The largest absolute Gasteiger partial charge is 0.494 e. The Bertz CT molecular complexity index is 648. The molecular weight excluding hydrogens is 325 g/mol. The fraction of sp³-hybridized carbons (Fsp3) is 0.632. The number of hydrogen-bond donors (Lipinski definition) is 0. The van der Waals surface area contributed by atoms with Gasteiger partial charge in [-0.2, -0.15) is 0 Å². The number of halogens is 1. The van der Waals surface area contributed by atoms with E-state index < -0.39 is 5.82 Å². The summed E-state index contributed by atoms with van der Waals surface area (Å²) in [5.74, 6) is 0.118. The quantitative estimate of drug-likeness (QED) is 0.820. The van der Waals surface area contributed by atoms with Crippen LogP contribution in [-0.4, -0.2) is 55.9 Å². The number of fused-ring (bicyclic) bond motifs is 2. The first-order valence-corrected chi connectivity index (χ1v) is 9.05. The fourth-order valence-corrected chi connectivity index (χ4v) is 3.86. The highest BCUT2D eigenvalue weighted by Crippen LogP contribution is 2.36. The molecule has 6 heteroatoms. The summed E-state index contributed by atoms with van der Waals surface area (Å²) < 4.78 is 31.0. The van der Waals surface area contributed by atoms with Crippen molar-refractivity contribution in [2.45, 2.75) is 43.9 Å². The molecule has 2 aliphatic carbocycles. The van der Waals surface area contributed by atoms with E-state index in [1.54, 1.807) is 6.07 Å². The number of nitrogens with zero attached hydrogens (tertiary/aromatic N) is 1. The number of rotatable bonds is 5. The number of carbonyl (C=O) groups excluding carboxylic acids is 1. The predicted molar refractivity (Wildman–Crippen MR) is 89.2 cm³/mol. The molecule has 5 nitrogen and oxygen atoms in total. The monoisotopic (exact) mass is 349 g/mol. The van der Waals surface area contributed by atoms with Crippen LogP contribution in [0.25, 0.3) is 0 Å². The maximum Gasteiger partial charge on any atom is 0.254 e.